The molecule has 1 atom stereocenters. The Bertz CT molecular complexity index is 2040. The third kappa shape index (κ3) is 5.96. The molecule has 0 spiro atoms. The summed E-state index contributed by atoms with van der Waals surface area (Å²) in [7, 11) is -3.69. The Labute approximate surface area is 256 Å². The van der Waals surface area contributed by atoms with Gasteiger partial charge in [0.15, 0.2) is 0 Å². The summed E-state index contributed by atoms with van der Waals surface area (Å²) in [5.41, 5.74) is 5.39. The van der Waals surface area contributed by atoms with Gasteiger partial charge in [-0.1, -0.05) is 60.2 Å². The zero-order valence-electron chi connectivity index (χ0n) is 24.6. The highest BCUT2D eigenvalue weighted by molar-refractivity contribution is 7.91. The van der Waals surface area contributed by atoms with Crippen LogP contribution in [0.25, 0.3) is 22.2 Å². The number of carboxylic acids is 1. The number of ether oxygens (including phenoxy) is 1. The van der Waals surface area contributed by atoms with E-state index in [9.17, 15) is 13.2 Å². The number of carboxylic acid groups (broad SMARTS) is 1. The SMILES string of the molecule is CC1=CCC(C)(S(=O)(=O)n2ccc3cc(Oc4cccc(-c5ccn(Cc6cccc(CCC(=O)O)c6)n5)c4)ccc32)C=C1. The van der Waals surface area contributed by atoms with Crippen molar-refractivity contribution in [3.8, 4) is 22.8 Å². The van der Waals surface area contributed by atoms with E-state index in [0.717, 1.165) is 33.3 Å². The number of carbonyl (C=O) groups is 1. The van der Waals surface area contributed by atoms with E-state index < -0.39 is 20.7 Å². The molecule has 0 radical (unpaired) electrons. The molecule has 5 aromatic rings. The van der Waals surface area contributed by atoms with Gasteiger partial charge in [0.2, 0.25) is 10.0 Å². The Morgan fingerprint density at radius 2 is 1.77 bits per heavy atom. The number of benzene rings is 3. The van der Waals surface area contributed by atoms with Crippen LogP contribution >= 0.6 is 0 Å². The van der Waals surface area contributed by atoms with Crippen LogP contribution in [0.4, 0.5) is 0 Å². The Hall–Kier alpha value is -4.89. The summed E-state index contributed by atoms with van der Waals surface area (Å²) >= 11 is 0. The second-order valence-corrected chi connectivity index (χ2v) is 13.7. The molecule has 1 aliphatic carbocycles. The van der Waals surface area contributed by atoms with E-state index >= 15 is 0 Å². The monoisotopic (exact) mass is 607 g/mol. The van der Waals surface area contributed by atoms with Crippen molar-refractivity contribution in [1.29, 1.82) is 0 Å². The first kappa shape index (κ1) is 29.2. The molecule has 2 heterocycles. The summed E-state index contributed by atoms with van der Waals surface area (Å²) in [6.45, 7) is 4.29. The zero-order valence-corrected chi connectivity index (χ0v) is 25.4. The van der Waals surface area contributed by atoms with Gasteiger partial charge in [0.25, 0.3) is 0 Å². The van der Waals surface area contributed by atoms with Crippen LogP contribution in [-0.4, -0.2) is 38.0 Å². The fourth-order valence-corrected chi connectivity index (χ4v) is 7.00. The Kier molecular flexibility index (Phi) is 7.73. The van der Waals surface area contributed by atoms with E-state index in [4.69, 9.17) is 14.9 Å². The highest BCUT2D eigenvalue weighted by Crippen LogP contribution is 2.34. The van der Waals surface area contributed by atoms with Crippen molar-refractivity contribution in [3.05, 3.63) is 126 Å². The summed E-state index contributed by atoms with van der Waals surface area (Å²) in [5.74, 6) is 0.427. The number of aliphatic carboxylic acids is 1. The largest absolute Gasteiger partial charge is 0.481 e. The summed E-state index contributed by atoms with van der Waals surface area (Å²) < 4.78 is 35.7. The third-order valence-electron chi connectivity index (χ3n) is 7.97. The van der Waals surface area contributed by atoms with Crippen LogP contribution in [0.5, 0.6) is 11.5 Å². The molecule has 224 valence electrons. The van der Waals surface area contributed by atoms with Crippen LogP contribution in [-0.2, 0) is 27.8 Å². The van der Waals surface area contributed by atoms with Crippen LogP contribution in [0.15, 0.2) is 115 Å². The standard InChI is InChI=1S/C35H33N3O5S/c1-25-13-17-35(2,18-14-25)44(41,42)38-20-15-29-23-31(10-11-33(29)38)43-30-8-4-7-28(22-30)32-16-19-37(36-32)24-27-6-3-5-26(21-27)9-12-34(39)40/h3-8,10-11,13-17,19-23H,9,12,18,24H2,1-2H3,(H,39,40). The summed E-state index contributed by atoms with van der Waals surface area (Å²) in [6, 6.07) is 24.7. The van der Waals surface area contributed by atoms with E-state index in [1.165, 1.54) is 3.97 Å². The molecular weight excluding hydrogens is 574 g/mol. The van der Waals surface area contributed by atoms with Crippen LogP contribution in [0.2, 0.25) is 0 Å². The molecule has 1 N–H and O–H groups in total. The van der Waals surface area contributed by atoms with E-state index in [0.29, 0.717) is 36.4 Å². The van der Waals surface area contributed by atoms with Crippen molar-refractivity contribution in [3.63, 3.8) is 0 Å². The molecule has 2 aromatic heterocycles. The average Bonchev–Trinajstić information content (AvgIpc) is 3.65. The van der Waals surface area contributed by atoms with E-state index in [1.807, 2.05) is 90.6 Å². The number of nitrogens with zero attached hydrogens (tertiary/aromatic N) is 3. The molecular formula is C35H33N3O5S. The fourth-order valence-electron chi connectivity index (χ4n) is 5.37. The molecule has 9 heteroatoms. The normalized spacial score (nSPS) is 16.6. The number of hydrogen-bond donors (Lipinski definition) is 1. The van der Waals surface area contributed by atoms with Gasteiger partial charge in [-0.05, 0) is 80.3 Å². The van der Waals surface area contributed by atoms with Crippen molar-refractivity contribution in [2.24, 2.45) is 0 Å². The van der Waals surface area contributed by atoms with Crippen molar-refractivity contribution in [2.45, 2.75) is 44.4 Å². The smallest absolute Gasteiger partial charge is 0.303 e. The van der Waals surface area contributed by atoms with Gasteiger partial charge in [-0.2, -0.15) is 5.10 Å². The molecule has 1 unspecified atom stereocenters. The minimum atomic E-state index is -3.69. The number of aromatic nitrogens is 3. The summed E-state index contributed by atoms with van der Waals surface area (Å²) in [4.78, 5) is 10.9. The second kappa shape index (κ2) is 11.7. The molecule has 8 nitrogen and oxygen atoms in total. The first-order valence-electron chi connectivity index (χ1n) is 14.4. The van der Waals surface area contributed by atoms with E-state index in [2.05, 4.69) is 0 Å². The fraction of sp³-hybridized carbons (Fsp3) is 0.200. The van der Waals surface area contributed by atoms with Gasteiger partial charge in [-0.25, -0.2) is 12.4 Å². The van der Waals surface area contributed by atoms with Gasteiger partial charge in [0, 0.05) is 29.8 Å². The Morgan fingerprint density at radius 3 is 2.57 bits per heavy atom. The molecule has 6 rings (SSSR count). The van der Waals surface area contributed by atoms with Gasteiger partial charge < -0.3 is 9.84 Å². The van der Waals surface area contributed by atoms with Crippen LogP contribution in [0.1, 0.15) is 37.8 Å². The maximum absolute atomic E-state index is 13.6. The van der Waals surface area contributed by atoms with E-state index in [1.54, 1.807) is 37.4 Å². The Balaban J connectivity index is 1.17. The number of aryl methyl sites for hydroxylation is 1. The topological polar surface area (TPSA) is 103 Å². The summed E-state index contributed by atoms with van der Waals surface area (Å²) in [5, 5.41) is 14.5. The number of hydrogen-bond acceptors (Lipinski definition) is 5. The maximum atomic E-state index is 13.6. The highest BCUT2D eigenvalue weighted by Gasteiger charge is 2.39. The molecule has 0 bridgehead atoms. The van der Waals surface area contributed by atoms with Crippen molar-refractivity contribution in [2.75, 3.05) is 0 Å². The quantitative estimate of drug-likeness (QED) is 0.180. The molecule has 0 aliphatic heterocycles. The number of allylic oxidation sites excluding steroid dienone is 3. The van der Waals surface area contributed by atoms with Gasteiger partial charge in [-0.3, -0.25) is 9.48 Å². The predicted molar refractivity (Wildman–Crippen MR) is 171 cm³/mol. The zero-order chi connectivity index (χ0) is 30.9. The molecule has 44 heavy (non-hydrogen) atoms. The summed E-state index contributed by atoms with van der Waals surface area (Å²) in [6.07, 6.45) is 10.1. The first-order chi connectivity index (χ1) is 21.1. The molecule has 0 saturated heterocycles. The first-order valence-corrected chi connectivity index (χ1v) is 15.9. The van der Waals surface area contributed by atoms with E-state index in [-0.39, 0.29) is 6.42 Å². The highest BCUT2D eigenvalue weighted by atomic mass is 32.2. The van der Waals surface area contributed by atoms with Crippen molar-refractivity contribution in [1.82, 2.24) is 13.8 Å². The third-order valence-corrected chi connectivity index (χ3v) is 10.3. The minimum absolute atomic E-state index is 0.103. The number of fused-ring (bicyclic) bond motifs is 1. The van der Waals surface area contributed by atoms with Crippen molar-refractivity contribution < 1.29 is 23.1 Å². The minimum Gasteiger partial charge on any atom is -0.481 e. The lowest BCUT2D eigenvalue weighted by Gasteiger charge is -2.28. The maximum Gasteiger partial charge on any atom is 0.303 e. The van der Waals surface area contributed by atoms with Gasteiger partial charge in [0.1, 0.15) is 16.2 Å². The van der Waals surface area contributed by atoms with Gasteiger partial charge >= 0.3 is 5.97 Å². The lowest BCUT2D eigenvalue weighted by molar-refractivity contribution is -0.136. The van der Waals surface area contributed by atoms with Gasteiger partial charge in [-0.15, -0.1) is 0 Å². The molecule has 3 aromatic carbocycles. The molecule has 0 fully saturated rings. The van der Waals surface area contributed by atoms with Crippen molar-refractivity contribution >= 4 is 26.9 Å². The predicted octanol–water partition coefficient (Wildman–Crippen LogP) is 7.21. The van der Waals surface area contributed by atoms with Crippen LogP contribution in [0, 0.1) is 0 Å². The molecule has 0 saturated carbocycles. The average molecular weight is 608 g/mol. The van der Waals surface area contributed by atoms with Crippen LogP contribution < -0.4 is 4.74 Å². The second-order valence-electron chi connectivity index (χ2n) is 11.4. The van der Waals surface area contributed by atoms with Gasteiger partial charge in [0.05, 0.1) is 17.8 Å². The number of rotatable bonds is 10. The lowest BCUT2D eigenvalue weighted by atomic mass is 9.98. The lowest BCUT2D eigenvalue weighted by Crippen LogP contribution is -2.38. The molecule has 1 aliphatic rings. The van der Waals surface area contributed by atoms with Crippen LogP contribution in [0.3, 0.4) is 0 Å². The Morgan fingerprint density at radius 1 is 0.977 bits per heavy atom. The molecule has 0 amide bonds.